The summed E-state index contributed by atoms with van der Waals surface area (Å²) in [6.07, 6.45) is 6.46. The van der Waals surface area contributed by atoms with Gasteiger partial charge < -0.3 is 4.42 Å². The van der Waals surface area contributed by atoms with Crippen LogP contribution in [0.3, 0.4) is 0 Å². The minimum atomic E-state index is 0.104. The van der Waals surface area contributed by atoms with E-state index in [4.69, 9.17) is 4.42 Å². The number of fused-ring (bicyclic) bond motifs is 5. The van der Waals surface area contributed by atoms with E-state index in [1.54, 1.807) is 0 Å². The van der Waals surface area contributed by atoms with Gasteiger partial charge in [0.15, 0.2) is 6.20 Å². The molecular formula is C27H31N2O+. The van der Waals surface area contributed by atoms with Gasteiger partial charge in [-0.15, -0.1) is 0 Å². The van der Waals surface area contributed by atoms with Gasteiger partial charge in [-0.3, -0.25) is 0 Å². The largest absolute Gasteiger partial charge is 0.455 e. The average Bonchev–Trinajstić information content (AvgIpc) is 3.04. The molecule has 2 heterocycles. The molecule has 0 unspecified atom stereocenters. The first-order valence-corrected chi connectivity index (χ1v) is 10.9. The van der Waals surface area contributed by atoms with E-state index in [-0.39, 0.29) is 10.8 Å². The maximum Gasteiger partial charge on any atom is 0.234 e. The Morgan fingerprint density at radius 1 is 0.967 bits per heavy atom. The molecule has 0 fully saturated rings. The van der Waals surface area contributed by atoms with Gasteiger partial charge in [-0.05, 0) is 60.3 Å². The second kappa shape index (κ2) is 6.16. The van der Waals surface area contributed by atoms with Crippen molar-refractivity contribution >= 4 is 21.9 Å². The molecule has 3 heteroatoms. The first kappa shape index (κ1) is 19.3. The van der Waals surface area contributed by atoms with E-state index in [2.05, 4.69) is 81.7 Å². The third kappa shape index (κ3) is 2.57. The second-order valence-electron chi connectivity index (χ2n) is 10.3. The van der Waals surface area contributed by atoms with Gasteiger partial charge in [-0.1, -0.05) is 45.9 Å². The van der Waals surface area contributed by atoms with E-state index in [0.717, 1.165) is 22.6 Å². The standard InChI is InChI=1S/C27H31N2O/c1-16-15-29(7)19(14-28-16)21-17(2)23-24(27(5,6)13-12-26(23,3)4)22-18-10-8-9-11-20(18)30-25(21)22/h8-11,14-15H,12-13H2,1-7H3/q+1. The van der Waals surface area contributed by atoms with Crippen molar-refractivity contribution in [3.8, 4) is 11.3 Å². The number of hydrogen-bond acceptors (Lipinski definition) is 2. The van der Waals surface area contributed by atoms with Crippen molar-refractivity contribution < 1.29 is 8.98 Å². The monoisotopic (exact) mass is 399 g/mol. The predicted octanol–water partition coefficient (Wildman–Crippen LogP) is 6.44. The Labute approximate surface area is 178 Å². The number of aryl methyl sites for hydroxylation is 2. The van der Waals surface area contributed by atoms with Gasteiger partial charge in [0.25, 0.3) is 0 Å². The first-order chi connectivity index (χ1) is 14.1. The summed E-state index contributed by atoms with van der Waals surface area (Å²) in [7, 11) is 2.10. The zero-order valence-electron chi connectivity index (χ0n) is 19.2. The van der Waals surface area contributed by atoms with Crippen LogP contribution in [0.5, 0.6) is 0 Å². The van der Waals surface area contributed by atoms with Gasteiger partial charge >= 0.3 is 0 Å². The summed E-state index contributed by atoms with van der Waals surface area (Å²) in [6.45, 7) is 13.9. The molecule has 0 radical (unpaired) electrons. The maximum atomic E-state index is 6.59. The summed E-state index contributed by atoms with van der Waals surface area (Å²) in [6, 6.07) is 8.49. The molecule has 0 saturated carbocycles. The van der Waals surface area contributed by atoms with Crippen molar-refractivity contribution in [3.05, 3.63) is 59.0 Å². The van der Waals surface area contributed by atoms with Gasteiger partial charge in [0.05, 0.1) is 11.8 Å². The SMILES string of the molecule is Cc1c[n+](C)c(-c2c(C)c3c(c4c2oc2ccccc24)C(C)(C)CCC3(C)C)cn1. The highest BCUT2D eigenvalue weighted by molar-refractivity contribution is 6.12. The highest BCUT2D eigenvalue weighted by Gasteiger charge is 2.42. The normalized spacial score (nSPS) is 17.4. The molecule has 5 rings (SSSR count). The van der Waals surface area contributed by atoms with Crippen LogP contribution >= 0.6 is 0 Å². The van der Waals surface area contributed by atoms with Crippen molar-refractivity contribution in [1.82, 2.24) is 4.98 Å². The number of nitrogens with zero attached hydrogens (tertiary/aromatic N) is 2. The van der Waals surface area contributed by atoms with Crippen LogP contribution in [-0.2, 0) is 17.9 Å². The van der Waals surface area contributed by atoms with Gasteiger partial charge in [0, 0.05) is 10.8 Å². The van der Waals surface area contributed by atoms with Gasteiger partial charge in [-0.25, -0.2) is 4.98 Å². The van der Waals surface area contributed by atoms with Crippen LogP contribution in [-0.4, -0.2) is 4.98 Å². The van der Waals surface area contributed by atoms with E-state index in [1.807, 2.05) is 13.1 Å². The van der Waals surface area contributed by atoms with Crippen LogP contribution in [0.1, 0.15) is 62.9 Å². The molecule has 0 saturated heterocycles. The molecule has 4 aromatic rings. The molecule has 154 valence electrons. The van der Waals surface area contributed by atoms with Crippen LogP contribution < -0.4 is 4.57 Å². The maximum absolute atomic E-state index is 6.59. The third-order valence-electron chi connectivity index (χ3n) is 7.21. The van der Waals surface area contributed by atoms with E-state index in [9.17, 15) is 0 Å². The number of rotatable bonds is 1. The smallest absolute Gasteiger partial charge is 0.234 e. The Hall–Kier alpha value is -2.68. The highest BCUT2D eigenvalue weighted by Crippen LogP contribution is 2.54. The summed E-state index contributed by atoms with van der Waals surface area (Å²) in [4.78, 5) is 4.63. The van der Waals surface area contributed by atoms with Crippen LogP contribution in [0, 0.1) is 13.8 Å². The van der Waals surface area contributed by atoms with E-state index in [1.165, 1.54) is 45.9 Å². The molecule has 30 heavy (non-hydrogen) atoms. The molecule has 0 spiro atoms. The fourth-order valence-electron chi connectivity index (χ4n) is 5.66. The Balaban J connectivity index is 2.06. The number of benzene rings is 2. The van der Waals surface area contributed by atoms with E-state index < -0.39 is 0 Å². The zero-order chi connectivity index (χ0) is 21.4. The molecule has 0 bridgehead atoms. The molecule has 0 N–H and O–H groups in total. The van der Waals surface area contributed by atoms with Crippen LogP contribution in [0.2, 0.25) is 0 Å². The average molecular weight is 400 g/mol. The van der Waals surface area contributed by atoms with E-state index in [0.29, 0.717) is 0 Å². The molecule has 0 atom stereocenters. The zero-order valence-corrected chi connectivity index (χ0v) is 19.2. The molecule has 0 aliphatic heterocycles. The lowest BCUT2D eigenvalue weighted by atomic mass is 9.60. The number of para-hydroxylation sites is 1. The van der Waals surface area contributed by atoms with Gasteiger partial charge in [-0.2, -0.15) is 4.57 Å². The molecular weight excluding hydrogens is 368 g/mol. The van der Waals surface area contributed by atoms with Gasteiger partial charge in [0.2, 0.25) is 5.69 Å². The Kier molecular flexibility index (Phi) is 3.96. The molecule has 1 aliphatic carbocycles. The lowest BCUT2D eigenvalue weighted by Crippen LogP contribution is -2.36. The summed E-state index contributed by atoms with van der Waals surface area (Å²) in [5.41, 5.74) is 9.78. The Bertz CT molecular complexity index is 1320. The minimum Gasteiger partial charge on any atom is -0.455 e. The molecule has 2 aromatic heterocycles. The van der Waals surface area contributed by atoms with Crippen molar-refractivity contribution in [2.45, 2.75) is 65.2 Å². The summed E-state index contributed by atoms with van der Waals surface area (Å²) in [5.74, 6) is 0. The Morgan fingerprint density at radius 3 is 2.33 bits per heavy atom. The first-order valence-electron chi connectivity index (χ1n) is 10.9. The number of furan rings is 1. The highest BCUT2D eigenvalue weighted by atomic mass is 16.3. The summed E-state index contributed by atoms with van der Waals surface area (Å²) < 4.78 is 8.78. The predicted molar refractivity (Wildman–Crippen MR) is 123 cm³/mol. The van der Waals surface area contributed by atoms with Crippen LogP contribution in [0.25, 0.3) is 33.2 Å². The minimum absolute atomic E-state index is 0.104. The number of aromatic nitrogens is 2. The van der Waals surface area contributed by atoms with Crippen LogP contribution in [0.4, 0.5) is 0 Å². The molecule has 0 amide bonds. The Morgan fingerprint density at radius 2 is 1.63 bits per heavy atom. The number of hydrogen-bond donors (Lipinski definition) is 0. The van der Waals surface area contributed by atoms with Gasteiger partial charge in [0.1, 0.15) is 23.9 Å². The molecule has 2 aromatic carbocycles. The molecule has 3 nitrogen and oxygen atoms in total. The lowest BCUT2D eigenvalue weighted by molar-refractivity contribution is -0.661. The fraction of sp³-hybridized carbons (Fsp3) is 0.407. The fourth-order valence-corrected chi connectivity index (χ4v) is 5.66. The van der Waals surface area contributed by atoms with Crippen molar-refractivity contribution in [2.24, 2.45) is 7.05 Å². The van der Waals surface area contributed by atoms with Crippen molar-refractivity contribution in [3.63, 3.8) is 0 Å². The third-order valence-corrected chi connectivity index (χ3v) is 7.21. The topological polar surface area (TPSA) is 29.9 Å². The van der Waals surface area contributed by atoms with Crippen molar-refractivity contribution in [2.75, 3.05) is 0 Å². The molecule has 1 aliphatic rings. The van der Waals surface area contributed by atoms with Crippen LogP contribution in [0.15, 0.2) is 41.1 Å². The summed E-state index contributed by atoms with van der Waals surface area (Å²) >= 11 is 0. The van der Waals surface area contributed by atoms with Crippen molar-refractivity contribution in [1.29, 1.82) is 0 Å². The summed E-state index contributed by atoms with van der Waals surface area (Å²) in [5, 5.41) is 2.51. The second-order valence-corrected chi connectivity index (χ2v) is 10.3. The van der Waals surface area contributed by atoms with E-state index >= 15 is 0 Å². The lowest BCUT2D eigenvalue weighted by Gasteiger charge is -2.43. The quantitative estimate of drug-likeness (QED) is 0.345.